The van der Waals surface area contributed by atoms with Crippen LogP contribution in [0.4, 0.5) is 5.69 Å². The molecule has 1 aliphatic rings. The van der Waals surface area contributed by atoms with E-state index in [9.17, 15) is 0 Å². The highest BCUT2D eigenvalue weighted by Gasteiger charge is 2.28. The van der Waals surface area contributed by atoms with Gasteiger partial charge in [-0.2, -0.15) is 0 Å². The van der Waals surface area contributed by atoms with E-state index in [2.05, 4.69) is 34.1 Å². The van der Waals surface area contributed by atoms with E-state index in [1.807, 2.05) is 24.4 Å². The van der Waals surface area contributed by atoms with Gasteiger partial charge in [0.15, 0.2) is 0 Å². The number of nitrogens with zero attached hydrogens (tertiary/aromatic N) is 2. The van der Waals surface area contributed by atoms with E-state index in [4.69, 9.17) is 5.73 Å². The lowest BCUT2D eigenvalue weighted by Gasteiger charge is -2.22. The summed E-state index contributed by atoms with van der Waals surface area (Å²) in [5, 5.41) is 0. The second-order valence-electron chi connectivity index (χ2n) is 5.47. The monoisotopic (exact) mass is 267 g/mol. The third-order valence-electron chi connectivity index (χ3n) is 3.87. The maximum atomic E-state index is 6.06. The zero-order valence-electron chi connectivity index (χ0n) is 11.7. The van der Waals surface area contributed by atoms with Gasteiger partial charge in [0.2, 0.25) is 0 Å². The smallest absolute Gasteiger partial charge is 0.0416 e. The van der Waals surface area contributed by atoms with Crippen molar-refractivity contribution in [1.82, 2.24) is 9.88 Å². The van der Waals surface area contributed by atoms with Gasteiger partial charge in [-0.15, -0.1) is 0 Å². The molecule has 3 nitrogen and oxygen atoms in total. The molecule has 3 heteroatoms. The third-order valence-corrected chi connectivity index (χ3v) is 3.87. The molecule has 0 saturated heterocycles. The summed E-state index contributed by atoms with van der Waals surface area (Å²) in [5.41, 5.74) is 9.36. The van der Waals surface area contributed by atoms with Crippen molar-refractivity contribution >= 4 is 5.69 Å². The third kappa shape index (κ3) is 3.36. The second-order valence-corrected chi connectivity index (χ2v) is 5.47. The first-order valence-electron chi connectivity index (χ1n) is 7.30. The van der Waals surface area contributed by atoms with E-state index >= 15 is 0 Å². The molecule has 1 aromatic carbocycles. The lowest BCUT2D eigenvalue weighted by molar-refractivity contribution is 0.258. The molecule has 1 aliphatic carbocycles. The minimum atomic E-state index is 0.735. The molecular formula is C17H21N3. The van der Waals surface area contributed by atoms with Gasteiger partial charge >= 0.3 is 0 Å². The average Bonchev–Trinajstić information content (AvgIpc) is 3.31. The Labute approximate surface area is 120 Å². The van der Waals surface area contributed by atoms with Crippen molar-refractivity contribution in [3.63, 3.8) is 0 Å². The van der Waals surface area contributed by atoms with Crippen LogP contribution in [0.1, 0.15) is 24.1 Å². The Morgan fingerprint density at radius 3 is 2.60 bits per heavy atom. The van der Waals surface area contributed by atoms with Crippen LogP contribution >= 0.6 is 0 Å². The van der Waals surface area contributed by atoms with Crippen molar-refractivity contribution in [3.05, 3.63) is 59.9 Å². The Balaban J connectivity index is 1.63. The molecule has 2 N–H and O–H groups in total. The van der Waals surface area contributed by atoms with Crippen LogP contribution in [-0.2, 0) is 13.0 Å². The van der Waals surface area contributed by atoms with Gasteiger partial charge in [0, 0.05) is 43.1 Å². The molecule has 1 fully saturated rings. The molecule has 104 valence electrons. The molecule has 0 radical (unpaired) electrons. The van der Waals surface area contributed by atoms with Crippen molar-refractivity contribution in [2.45, 2.75) is 31.8 Å². The molecular weight excluding hydrogens is 246 g/mol. The SMILES string of the molecule is Nc1ccccc1CN(CCc1ccccn1)C1CC1. The summed E-state index contributed by atoms with van der Waals surface area (Å²) in [7, 11) is 0. The van der Waals surface area contributed by atoms with Gasteiger partial charge in [-0.25, -0.2) is 0 Å². The van der Waals surface area contributed by atoms with E-state index in [0.29, 0.717) is 0 Å². The van der Waals surface area contributed by atoms with E-state index in [0.717, 1.165) is 31.2 Å². The largest absolute Gasteiger partial charge is 0.398 e. The molecule has 0 amide bonds. The minimum Gasteiger partial charge on any atom is -0.398 e. The predicted molar refractivity (Wildman–Crippen MR) is 82.2 cm³/mol. The molecule has 0 spiro atoms. The standard InChI is InChI=1S/C17H21N3/c18-17-7-2-1-5-14(17)13-20(16-8-9-16)12-10-15-6-3-4-11-19-15/h1-7,11,16H,8-10,12-13,18H2. The number of nitrogens with two attached hydrogens (primary N) is 1. The Morgan fingerprint density at radius 2 is 1.90 bits per heavy atom. The van der Waals surface area contributed by atoms with E-state index in [1.165, 1.54) is 24.1 Å². The first-order valence-corrected chi connectivity index (χ1v) is 7.30. The fraction of sp³-hybridized carbons (Fsp3) is 0.353. The van der Waals surface area contributed by atoms with Crippen LogP contribution in [0.2, 0.25) is 0 Å². The first-order chi connectivity index (χ1) is 9.83. The molecule has 20 heavy (non-hydrogen) atoms. The normalized spacial score (nSPS) is 14.7. The van der Waals surface area contributed by atoms with Crippen molar-refractivity contribution in [2.24, 2.45) is 0 Å². The maximum Gasteiger partial charge on any atom is 0.0416 e. The van der Waals surface area contributed by atoms with Crippen molar-refractivity contribution in [3.8, 4) is 0 Å². The van der Waals surface area contributed by atoms with Crippen LogP contribution in [0.3, 0.4) is 0 Å². The van der Waals surface area contributed by atoms with Crippen LogP contribution in [-0.4, -0.2) is 22.5 Å². The van der Waals surface area contributed by atoms with Crippen LogP contribution in [0, 0.1) is 0 Å². The fourth-order valence-corrected chi connectivity index (χ4v) is 2.53. The summed E-state index contributed by atoms with van der Waals surface area (Å²) in [6.45, 7) is 2.00. The minimum absolute atomic E-state index is 0.735. The first kappa shape index (κ1) is 13.1. The van der Waals surface area contributed by atoms with Gasteiger partial charge in [0.1, 0.15) is 0 Å². The molecule has 1 heterocycles. The number of para-hydroxylation sites is 1. The van der Waals surface area contributed by atoms with E-state index < -0.39 is 0 Å². The second kappa shape index (κ2) is 6.06. The summed E-state index contributed by atoms with van der Waals surface area (Å²) >= 11 is 0. The Bertz CT molecular complexity index is 549. The van der Waals surface area contributed by atoms with Crippen molar-refractivity contribution < 1.29 is 0 Å². The van der Waals surface area contributed by atoms with E-state index in [1.54, 1.807) is 0 Å². The highest BCUT2D eigenvalue weighted by molar-refractivity contribution is 5.46. The van der Waals surface area contributed by atoms with E-state index in [-0.39, 0.29) is 0 Å². The molecule has 1 aromatic heterocycles. The summed E-state index contributed by atoms with van der Waals surface area (Å²) in [6, 6.07) is 15.0. The van der Waals surface area contributed by atoms with Gasteiger partial charge < -0.3 is 5.73 Å². The number of hydrogen-bond donors (Lipinski definition) is 1. The Kier molecular flexibility index (Phi) is 3.97. The van der Waals surface area contributed by atoms with Crippen molar-refractivity contribution in [2.75, 3.05) is 12.3 Å². The number of anilines is 1. The fourth-order valence-electron chi connectivity index (χ4n) is 2.53. The maximum absolute atomic E-state index is 6.06. The highest BCUT2D eigenvalue weighted by atomic mass is 15.2. The van der Waals surface area contributed by atoms with Crippen LogP contribution < -0.4 is 5.73 Å². The molecule has 0 unspecified atom stereocenters. The summed E-state index contributed by atoms with van der Waals surface area (Å²) in [4.78, 5) is 6.95. The Morgan fingerprint density at radius 1 is 1.10 bits per heavy atom. The lowest BCUT2D eigenvalue weighted by Crippen LogP contribution is -2.28. The number of pyridine rings is 1. The van der Waals surface area contributed by atoms with Gasteiger partial charge in [0.05, 0.1) is 0 Å². The number of aromatic nitrogens is 1. The van der Waals surface area contributed by atoms with Crippen LogP contribution in [0.15, 0.2) is 48.7 Å². The molecule has 2 aromatic rings. The zero-order valence-corrected chi connectivity index (χ0v) is 11.7. The number of rotatable bonds is 6. The molecule has 0 bridgehead atoms. The summed E-state index contributed by atoms with van der Waals surface area (Å²) in [5.74, 6) is 0. The lowest BCUT2D eigenvalue weighted by atomic mass is 10.1. The topological polar surface area (TPSA) is 42.1 Å². The molecule has 3 rings (SSSR count). The summed E-state index contributed by atoms with van der Waals surface area (Å²) < 4.78 is 0. The van der Waals surface area contributed by atoms with Gasteiger partial charge in [-0.05, 0) is 36.6 Å². The summed E-state index contributed by atoms with van der Waals surface area (Å²) in [6.07, 6.45) is 5.50. The van der Waals surface area contributed by atoms with Gasteiger partial charge in [-0.3, -0.25) is 9.88 Å². The quantitative estimate of drug-likeness (QED) is 0.818. The molecule has 0 aliphatic heterocycles. The zero-order chi connectivity index (χ0) is 13.8. The highest BCUT2D eigenvalue weighted by Crippen LogP contribution is 2.29. The van der Waals surface area contributed by atoms with Crippen molar-refractivity contribution in [1.29, 1.82) is 0 Å². The predicted octanol–water partition coefficient (Wildman–Crippen LogP) is 2.87. The van der Waals surface area contributed by atoms with Gasteiger partial charge in [0.25, 0.3) is 0 Å². The van der Waals surface area contributed by atoms with Gasteiger partial charge in [-0.1, -0.05) is 24.3 Å². The number of benzene rings is 1. The number of hydrogen-bond acceptors (Lipinski definition) is 3. The molecule has 0 atom stereocenters. The number of nitrogen functional groups attached to an aromatic ring is 1. The molecule has 1 saturated carbocycles. The average molecular weight is 267 g/mol. The van der Waals surface area contributed by atoms with Crippen LogP contribution in [0.5, 0.6) is 0 Å². The Hall–Kier alpha value is -1.87. The van der Waals surface area contributed by atoms with Crippen LogP contribution in [0.25, 0.3) is 0 Å².